The molecule has 0 aliphatic rings. The number of phenols is 1. The van der Waals surface area contributed by atoms with Crippen LogP contribution in [0.1, 0.15) is 16.1 Å². The molecule has 1 aromatic carbocycles. The van der Waals surface area contributed by atoms with Crippen molar-refractivity contribution in [1.82, 2.24) is 9.97 Å². The molecule has 0 aliphatic heterocycles. The van der Waals surface area contributed by atoms with E-state index < -0.39 is 0 Å². The van der Waals surface area contributed by atoms with Gasteiger partial charge >= 0.3 is 0 Å². The molecule has 1 aromatic heterocycles. The van der Waals surface area contributed by atoms with Gasteiger partial charge in [0, 0.05) is 18.8 Å². The van der Waals surface area contributed by atoms with Gasteiger partial charge in [-0.15, -0.1) is 0 Å². The first kappa shape index (κ1) is 10.3. The average molecular weight is 214 g/mol. The van der Waals surface area contributed by atoms with E-state index in [0.717, 1.165) is 5.56 Å². The van der Waals surface area contributed by atoms with Crippen molar-refractivity contribution in [2.24, 2.45) is 0 Å². The maximum Gasteiger partial charge on any atom is 0.187 e. The first-order valence-electron chi connectivity index (χ1n) is 4.83. The largest absolute Gasteiger partial charge is 0.508 e. The smallest absolute Gasteiger partial charge is 0.187 e. The second kappa shape index (κ2) is 4.53. The summed E-state index contributed by atoms with van der Waals surface area (Å²) in [7, 11) is 0. The zero-order chi connectivity index (χ0) is 11.4. The summed E-state index contributed by atoms with van der Waals surface area (Å²) in [5.41, 5.74) is 1.10. The third-order valence-electron chi connectivity index (χ3n) is 2.12. The fourth-order valence-electron chi connectivity index (χ4n) is 1.39. The maximum atomic E-state index is 11.7. The molecule has 0 spiro atoms. The predicted molar refractivity (Wildman–Crippen MR) is 58.2 cm³/mol. The molecule has 1 N–H and O–H groups in total. The summed E-state index contributed by atoms with van der Waals surface area (Å²) in [6, 6.07) is 6.62. The van der Waals surface area contributed by atoms with Gasteiger partial charge in [0.1, 0.15) is 11.4 Å². The number of hydrogen-bond donors (Lipinski definition) is 1. The number of nitrogens with zero attached hydrogens (tertiary/aromatic N) is 2. The van der Waals surface area contributed by atoms with Gasteiger partial charge in [0.25, 0.3) is 0 Å². The number of carbonyl (C=O) groups excluding carboxylic acids is 1. The van der Waals surface area contributed by atoms with Crippen LogP contribution in [-0.2, 0) is 6.42 Å². The summed E-state index contributed by atoms with van der Waals surface area (Å²) < 4.78 is 0. The van der Waals surface area contributed by atoms with E-state index in [2.05, 4.69) is 9.97 Å². The van der Waals surface area contributed by atoms with Crippen LogP contribution in [0.15, 0.2) is 42.9 Å². The molecule has 1 heterocycles. The molecule has 2 aromatic rings. The van der Waals surface area contributed by atoms with Crippen LogP contribution in [0.3, 0.4) is 0 Å². The van der Waals surface area contributed by atoms with Crippen LogP contribution in [0.4, 0.5) is 0 Å². The highest BCUT2D eigenvalue weighted by Gasteiger charge is 2.08. The molecule has 0 aliphatic carbocycles. The van der Waals surface area contributed by atoms with Crippen molar-refractivity contribution in [3.05, 3.63) is 54.1 Å². The van der Waals surface area contributed by atoms with Crippen LogP contribution >= 0.6 is 0 Å². The molecule has 0 fully saturated rings. The van der Waals surface area contributed by atoms with Crippen molar-refractivity contribution in [3.63, 3.8) is 0 Å². The van der Waals surface area contributed by atoms with Crippen molar-refractivity contribution in [1.29, 1.82) is 0 Å². The highest BCUT2D eigenvalue weighted by molar-refractivity contribution is 5.95. The van der Waals surface area contributed by atoms with Crippen LogP contribution < -0.4 is 0 Å². The van der Waals surface area contributed by atoms with Gasteiger partial charge in [0.15, 0.2) is 5.78 Å². The van der Waals surface area contributed by atoms with Crippen LogP contribution in [-0.4, -0.2) is 20.9 Å². The monoisotopic (exact) mass is 214 g/mol. The van der Waals surface area contributed by atoms with Crippen molar-refractivity contribution in [3.8, 4) is 5.75 Å². The summed E-state index contributed by atoms with van der Waals surface area (Å²) in [5.74, 6) is 0.0446. The van der Waals surface area contributed by atoms with Crippen molar-refractivity contribution < 1.29 is 9.90 Å². The Kier molecular flexibility index (Phi) is 2.91. The van der Waals surface area contributed by atoms with E-state index in [0.29, 0.717) is 5.69 Å². The maximum absolute atomic E-state index is 11.7. The Hall–Kier alpha value is -2.23. The molecule has 80 valence electrons. The molecular formula is C12H10N2O2. The number of benzene rings is 1. The quantitative estimate of drug-likeness (QED) is 0.788. The summed E-state index contributed by atoms with van der Waals surface area (Å²) >= 11 is 0. The molecule has 4 heteroatoms. The number of rotatable bonds is 3. The number of carbonyl (C=O) groups is 1. The summed E-state index contributed by atoms with van der Waals surface area (Å²) in [4.78, 5) is 19.5. The minimum atomic E-state index is -0.112. The molecule has 0 saturated carbocycles. The van der Waals surface area contributed by atoms with E-state index >= 15 is 0 Å². The molecule has 0 atom stereocenters. The Balaban J connectivity index is 2.14. The number of phenolic OH excluding ortho intramolecular Hbond substituents is 1. The lowest BCUT2D eigenvalue weighted by Gasteiger charge is -2.00. The minimum absolute atomic E-state index is 0.112. The van der Waals surface area contributed by atoms with Crippen LogP contribution in [0.25, 0.3) is 0 Å². The van der Waals surface area contributed by atoms with Gasteiger partial charge in [-0.05, 0) is 17.7 Å². The minimum Gasteiger partial charge on any atom is -0.508 e. The topological polar surface area (TPSA) is 63.1 Å². The SMILES string of the molecule is O=C(Cc1cccc(O)c1)c1cnccn1. The van der Waals surface area contributed by atoms with Crippen molar-refractivity contribution >= 4 is 5.78 Å². The number of Topliss-reactive ketones (excluding diaryl/α,β-unsaturated/α-hetero) is 1. The number of hydrogen-bond acceptors (Lipinski definition) is 4. The highest BCUT2D eigenvalue weighted by Crippen LogP contribution is 2.12. The highest BCUT2D eigenvalue weighted by atomic mass is 16.3. The van der Waals surface area contributed by atoms with E-state index in [1.807, 2.05) is 0 Å². The third kappa shape index (κ3) is 2.42. The van der Waals surface area contributed by atoms with Gasteiger partial charge in [-0.3, -0.25) is 9.78 Å². The van der Waals surface area contributed by atoms with Gasteiger partial charge < -0.3 is 5.11 Å². The van der Waals surface area contributed by atoms with Crippen molar-refractivity contribution in [2.75, 3.05) is 0 Å². The van der Waals surface area contributed by atoms with E-state index in [9.17, 15) is 9.90 Å². The van der Waals surface area contributed by atoms with Crippen molar-refractivity contribution in [2.45, 2.75) is 6.42 Å². The summed E-state index contributed by atoms with van der Waals surface area (Å²) in [6.45, 7) is 0. The van der Waals surface area contributed by atoms with E-state index in [1.165, 1.54) is 18.6 Å². The summed E-state index contributed by atoms with van der Waals surface area (Å²) in [5, 5.41) is 9.26. The average Bonchev–Trinajstić information content (AvgIpc) is 2.30. The fourth-order valence-corrected chi connectivity index (χ4v) is 1.39. The molecule has 0 radical (unpaired) electrons. The second-order valence-electron chi connectivity index (χ2n) is 3.36. The lowest BCUT2D eigenvalue weighted by molar-refractivity contribution is 0.0988. The molecule has 0 bridgehead atoms. The molecule has 0 amide bonds. The van der Waals surface area contributed by atoms with Gasteiger partial charge in [-0.25, -0.2) is 4.98 Å². The number of aromatic hydroxyl groups is 1. The Bertz CT molecular complexity index is 497. The Labute approximate surface area is 92.6 Å². The first-order valence-corrected chi connectivity index (χ1v) is 4.83. The van der Waals surface area contributed by atoms with Gasteiger partial charge in [0.2, 0.25) is 0 Å². The van der Waals surface area contributed by atoms with E-state index in [1.54, 1.807) is 24.3 Å². The Morgan fingerprint density at radius 3 is 2.88 bits per heavy atom. The molecule has 0 unspecified atom stereocenters. The normalized spacial score (nSPS) is 10.0. The van der Waals surface area contributed by atoms with Crippen LogP contribution in [0.2, 0.25) is 0 Å². The Morgan fingerprint density at radius 1 is 1.31 bits per heavy atom. The van der Waals surface area contributed by atoms with E-state index in [4.69, 9.17) is 0 Å². The summed E-state index contributed by atoms with van der Waals surface area (Å²) in [6.07, 6.45) is 4.65. The zero-order valence-electron chi connectivity index (χ0n) is 8.50. The molecule has 0 saturated heterocycles. The second-order valence-corrected chi connectivity index (χ2v) is 3.36. The molecule has 16 heavy (non-hydrogen) atoms. The lowest BCUT2D eigenvalue weighted by Crippen LogP contribution is -2.05. The first-order chi connectivity index (χ1) is 7.75. The van der Waals surface area contributed by atoms with Crippen LogP contribution in [0, 0.1) is 0 Å². The number of aromatic nitrogens is 2. The predicted octanol–water partition coefficient (Wildman–Crippen LogP) is 1.61. The standard InChI is InChI=1S/C12H10N2O2/c15-10-3-1-2-9(6-10)7-12(16)11-8-13-4-5-14-11/h1-6,8,15H,7H2. The zero-order valence-corrected chi connectivity index (χ0v) is 8.50. The molecule has 4 nitrogen and oxygen atoms in total. The molecular weight excluding hydrogens is 204 g/mol. The molecule has 2 rings (SSSR count). The third-order valence-corrected chi connectivity index (χ3v) is 2.12. The Morgan fingerprint density at radius 2 is 2.19 bits per heavy atom. The van der Waals surface area contributed by atoms with Gasteiger partial charge in [0.05, 0.1) is 6.20 Å². The van der Waals surface area contributed by atoms with Gasteiger partial charge in [-0.2, -0.15) is 0 Å². The van der Waals surface area contributed by atoms with Gasteiger partial charge in [-0.1, -0.05) is 12.1 Å². The fraction of sp³-hybridized carbons (Fsp3) is 0.0833. The van der Waals surface area contributed by atoms with E-state index in [-0.39, 0.29) is 18.0 Å². The number of ketones is 1. The van der Waals surface area contributed by atoms with Crippen LogP contribution in [0.5, 0.6) is 5.75 Å². The lowest BCUT2D eigenvalue weighted by atomic mass is 10.1.